The first-order valence-electron chi connectivity index (χ1n) is 9.85. The van der Waals surface area contributed by atoms with Gasteiger partial charge in [-0.1, -0.05) is 84.6 Å². The third-order valence-electron chi connectivity index (χ3n) is 5.63. The van der Waals surface area contributed by atoms with Crippen molar-refractivity contribution in [2.75, 3.05) is 11.9 Å². The predicted molar refractivity (Wildman–Crippen MR) is 125 cm³/mol. The van der Waals surface area contributed by atoms with Crippen molar-refractivity contribution in [1.82, 2.24) is 4.72 Å². The van der Waals surface area contributed by atoms with Crippen molar-refractivity contribution in [1.29, 1.82) is 0 Å². The maximum Gasteiger partial charge on any atom is 0.0384 e. The third-order valence-corrected chi connectivity index (χ3v) is 5.85. The molecule has 1 aliphatic carbocycles. The van der Waals surface area contributed by atoms with Gasteiger partial charge in [-0.2, -0.15) is 0 Å². The van der Waals surface area contributed by atoms with E-state index in [1.165, 1.54) is 22.3 Å². The van der Waals surface area contributed by atoms with Gasteiger partial charge in [-0.15, -0.1) is 0 Å². The summed E-state index contributed by atoms with van der Waals surface area (Å²) in [6.45, 7) is 9.50. The highest BCUT2D eigenvalue weighted by atomic mass is 32.1. The van der Waals surface area contributed by atoms with Gasteiger partial charge in [0.2, 0.25) is 0 Å². The Morgan fingerprint density at radius 1 is 1.11 bits per heavy atom. The summed E-state index contributed by atoms with van der Waals surface area (Å²) in [6, 6.07) is 19.2. The van der Waals surface area contributed by atoms with Gasteiger partial charge in [-0.3, -0.25) is 4.72 Å². The number of nitrogens with one attached hydrogen (secondary N) is 2. The molecule has 2 nitrogen and oxygen atoms in total. The molecule has 0 radical (unpaired) electrons. The standard InChI is InChI=1S/C25H30N2S/c1-19(2)25(18-21-7-5-4-6-8-21)15-13-24(17-22(25)14-16-26-28)27-23-11-9-20(3)10-12-23/h4-13,17,26-28H,1,14-16,18H2,2-3H3. The van der Waals surface area contributed by atoms with Gasteiger partial charge in [0, 0.05) is 23.3 Å². The largest absolute Gasteiger partial charge is 0.356 e. The van der Waals surface area contributed by atoms with Gasteiger partial charge >= 0.3 is 0 Å². The van der Waals surface area contributed by atoms with E-state index in [0.29, 0.717) is 0 Å². The van der Waals surface area contributed by atoms with Crippen LogP contribution in [-0.4, -0.2) is 6.54 Å². The first kappa shape index (κ1) is 20.5. The molecule has 0 bridgehead atoms. The molecule has 0 saturated carbocycles. The Labute approximate surface area is 175 Å². The first-order chi connectivity index (χ1) is 13.5. The van der Waals surface area contributed by atoms with Crippen LogP contribution in [0.15, 0.2) is 90.2 Å². The molecule has 0 aromatic heterocycles. The van der Waals surface area contributed by atoms with Crippen LogP contribution in [0.4, 0.5) is 5.69 Å². The summed E-state index contributed by atoms with van der Waals surface area (Å²) in [4.78, 5) is 0. The minimum absolute atomic E-state index is 0.0512. The summed E-state index contributed by atoms with van der Waals surface area (Å²) < 4.78 is 3.01. The van der Waals surface area contributed by atoms with Crippen LogP contribution >= 0.6 is 12.8 Å². The quantitative estimate of drug-likeness (QED) is 0.366. The topological polar surface area (TPSA) is 24.1 Å². The number of allylic oxidation sites excluding steroid dienone is 3. The number of hydrogen-bond donors (Lipinski definition) is 3. The van der Waals surface area contributed by atoms with E-state index in [-0.39, 0.29) is 5.41 Å². The molecule has 0 spiro atoms. The molecule has 0 fully saturated rings. The lowest BCUT2D eigenvalue weighted by Gasteiger charge is -2.40. The fourth-order valence-electron chi connectivity index (χ4n) is 3.92. The monoisotopic (exact) mass is 390 g/mol. The molecule has 2 N–H and O–H groups in total. The molecule has 3 rings (SSSR count). The Morgan fingerprint density at radius 3 is 2.46 bits per heavy atom. The Bertz CT molecular complexity index is 865. The number of aryl methyl sites for hydroxylation is 1. The minimum Gasteiger partial charge on any atom is -0.356 e. The Hall–Kier alpha value is -2.23. The van der Waals surface area contributed by atoms with Crippen molar-refractivity contribution in [3.05, 3.63) is 101 Å². The van der Waals surface area contributed by atoms with E-state index in [4.69, 9.17) is 0 Å². The van der Waals surface area contributed by atoms with E-state index in [1.54, 1.807) is 0 Å². The van der Waals surface area contributed by atoms with Crippen LogP contribution in [0.3, 0.4) is 0 Å². The Balaban J connectivity index is 1.90. The Morgan fingerprint density at radius 2 is 1.82 bits per heavy atom. The maximum absolute atomic E-state index is 4.39. The molecule has 28 heavy (non-hydrogen) atoms. The number of benzene rings is 2. The second-order valence-electron chi connectivity index (χ2n) is 7.71. The molecule has 0 amide bonds. The van der Waals surface area contributed by atoms with Crippen LogP contribution in [0.5, 0.6) is 0 Å². The zero-order valence-corrected chi connectivity index (χ0v) is 17.7. The van der Waals surface area contributed by atoms with Crippen LogP contribution < -0.4 is 10.0 Å². The summed E-state index contributed by atoms with van der Waals surface area (Å²) >= 11 is 4.21. The lowest BCUT2D eigenvalue weighted by Crippen LogP contribution is -2.31. The van der Waals surface area contributed by atoms with Crippen molar-refractivity contribution in [3.63, 3.8) is 0 Å². The van der Waals surface area contributed by atoms with Crippen molar-refractivity contribution in [3.8, 4) is 0 Å². The molecule has 0 heterocycles. The van der Waals surface area contributed by atoms with Crippen molar-refractivity contribution < 1.29 is 0 Å². The second-order valence-corrected chi connectivity index (χ2v) is 8.02. The lowest BCUT2D eigenvalue weighted by atomic mass is 9.65. The number of rotatable bonds is 8. The zero-order valence-electron chi connectivity index (χ0n) is 16.8. The SMILES string of the molecule is C=C(C)C1(Cc2ccccc2)CC=C(Nc2ccc(C)cc2)C=C1CCNS. The van der Waals surface area contributed by atoms with Gasteiger partial charge in [0.25, 0.3) is 0 Å². The maximum atomic E-state index is 4.39. The zero-order chi connectivity index (χ0) is 20.0. The highest BCUT2D eigenvalue weighted by Crippen LogP contribution is 2.46. The van der Waals surface area contributed by atoms with Crippen LogP contribution in [0.2, 0.25) is 0 Å². The minimum atomic E-state index is -0.0512. The summed E-state index contributed by atoms with van der Waals surface area (Å²) in [5, 5.41) is 3.57. The molecule has 0 saturated heterocycles. The van der Waals surface area contributed by atoms with E-state index in [2.05, 4.69) is 110 Å². The normalized spacial score (nSPS) is 19.0. The van der Waals surface area contributed by atoms with Gasteiger partial charge in [-0.25, -0.2) is 0 Å². The van der Waals surface area contributed by atoms with Crippen molar-refractivity contribution in [2.45, 2.75) is 33.1 Å². The summed E-state index contributed by atoms with van der Waals surface area (Å²) in [5.74, 6) is 0. The van der Waals surface area contributed by atoms with Gasteiger partial charge in [-0.05, 0) is 56.9 Å². The molecule has 1 atom stereocenters. The van der Waals surface area contributed by atoms with E-state index < -0.39 is 0 Å². The molecule has 0 aliphatic heterocycles. The van der Waals surface area contributed by atoms with Crippen molar-refractivity contribution >= 4 is 18.5 Å². The molecular formula is C25H30N2S. The number of anilines is 1. The molecule has 2 aromatic rings. The predicted octanol–water partition coefficient (Wildman–Crippen LogP) is 6.25. The van der Waals surface area contributed by atoms with Gasteiger partial charge in [0.05, 0.1) is 0 Å². The van der Waals surface area contributed by atoms with Crippen molar-refractivity contribution in [2.24, 2.45) is 5.41 Å². The number of thiol groups is 1. The third kappa shape index (κ3) is 4.78. The highest BCUT2D eigenvalue weighted by molar-refractivity contribution is 7.78. The molecule has 3 heteroatoms. The summed E-state index contributed by atoms with van der Waals surface area (Å²) in [6.07, 6.45) is 7.48. The van der Waals surface area contributed by atoms with E-state index >= 15 is 0 Å². The van der Waals surface area contributed by atoms with Gasteiger partial charge in [0.15, 0.2) is 0 Å². The van der Waals surface area contributed by atoms with Gasteiger partial charge in [0.1, 0.15) is 0 Å². The Kier molecular flexibility index (Phi) is 6.82. The van der Waals surface area contributed by atoms with Crippen LogP contribution in [0.1, 0.15) is 30.9 Å². The lowest BCUT2D eigenvalue weighted by molar-refractivity contribution is 0.411. The molecule has 146 valence electrons. The number of hydrogen-bond acceptors (Lipinski definition) is 3. The average Bonchev–Trinajstić information content (AvgIpc) is 2.70. The molecule has 2 aromatic carbocycles. The summed E-state index contributed by atoms with van der Waals surface area (Å²) in [5.41, 5.74) is 7.45. The molecule has 1 aliphatic rings. The first-order valence-corrected chi connectivity index (χ1v) is 10.3. The van der Waals surface area contributed by atoms with E-state index in [9.17, 15) is 0 Å². The smallest absolute Gasteiger partial charge is 0.0384 e. The molecule has 1 unspecified atom stereocenters. The van der Waals surface area contributed by atoms with E-state index in [0.717, 1.165) is 37.2 Å². The second kappa shape index (κ2) is 9.31. The van der Waals surface area contributed by atoms with Crippen LogP contribution in [0.25, 0.3) is 0 Å². The molecular weight excluding hydrogens is 360 g/mol. The fraction of sp³-hybridized carbons (Fsp3) is 0.280. The summed E-state index contributed by atoms with van der Waals surface area (Å²) in [7, 11) is 0. The van der Waals surface area contributed by atoms with Crippen LogP contribution in [0, 0.1) is 12.3 Å². The average molecular weight is 391 g/mol. The van der Waals surface area contributed by atoms with E-state index in [1.807, 2.05) is 0 Å². The highest BCUT2D eigenvalue weighted by Gasteiger charge is 2.36. The van der Waals surface area contributed by atoms with Gasteiger partial charge < -0.3 is 5.32 Å². The fourth-order valence-corrected chi connectivity index (χ4v) is 4.03. The van der Waals surface area contributed by atoms with Crippen LogP contribution in [-0.2, 0) is 6.42 Å².